The van der Waals surface area contributed by atoms with Gasteiger partial charge in [-0.05, 0) is 69.1 Å². The Morgan fingerprint density at radius 1 is 0.467 bits per heavy atom. The summed E-state index contributed by atoms with van der Waals surface area (Å²) in [6.45, 7) is 3.67. The highest BCUT2D eigenvalue weighted by Gasteiger charge is 2.35. The first kappa shape index (κ1) is 29.0. The molecule has 0 unspecified atom stereocenters. The van der Waals surface area contributed by atoms with Crippen molar-refractivity contribution < 1.29 is 19.8 Å². The number of hydrogen-bond donors (Lipinski definition) is 2. The predicted molar refractivity (Wildman–Crippen MR) is 179 cm³/mol. The second-order valence-electron chi connectivity index (χ2n) is 11.2. The van der Waals surface area contributed by atoms with Crippen molar-refractivity contribution in [1.29, 1.82) is 0 Å². The third-order valence-corrected chi connectivity index (χ3v) is 8.08. The number of rotatable bonds is 4. The number of carboxylic acids is 2. The molecule has 0 heterocycles. The summed E-state index contributed by atoms with van der Waals surface area (Å²) in [5.41, 5.74) is 2.46. The molecule has 0 aromatic heterocycles. The molecule has 6 aromatic rings. The molecule has 0 radical (unpaired) electrons. The van der Waals surface area contributed by atoms with Crippen LogP contribution in [0.25, 0.3) is 21.5 Å². The van der Waals surface area contributed by atoms with Crippen LogP contribution in [0.4, 0.5) is 0 Å². The molecule has 0 amide bonds. The normalized spacial score (nSPS) is 10.9. The lowest BCUT2D eigenvalue weighted by Crippen LogP contribution is -2.28. The van der Waals surface area contributed by atoms with Crippen molar-refractivity contribution in [2.24, 2.45) is 0 Å². The fourth-order valence-electron chi connectivity index (χ4n) is 6.08. The molecule has 0 bridgehead atoms. The third-order valence-electron chi connectivity index (χ3n) is 8.08. The number of benzene rings is 6. The molecule has 45 heavy (non-hydrogen) atoms. The van der Waals surface area contributed by atoms with E-state index in [-0.39, 0.29) is 11.1 Å². The lowest BCUT2D eigenvalue weighted by atomic mass is 9.70. The SMILES string of the molecule is CC(C)(c1c(C#Cc2cccc3ccccc23)cccc1C(=O)O)c1c(C#Cc2cccc3ccccc23)cccc1C(=O)O. The maximum atomic E-state index is 12.6. The molecule has 6 rings (SSSR count). The molecule has 6 aromatic carbocycles. The fraction of sp³-hybridized carbons (Fsp3) is 0.0732. The van der Waals surface area contributed by atoms with E-state index >= 15 is 0 Å². The van der Waals surface area contributed by atoms with Crippen LogP contribution in [-0.4, -0.2) is 22.2 Å². The average molecular weight is 585 g/mol. The second-order valence-corrected chi connectivity index (χ2v) is 11.2. The van der Waals surface area contributed by atoms with Crippen LogP contribution in [0, 0.1) is 23.7 Å². The van der Waals surface area contributed by atoms with Crippen molar-refractivity contribution >= 4 is 33.5 Å². The molecule has 0 aliphatic heterocycles. The summed E-state index contributed by atoms with van der Waals surface area (Å²) in [6, 6.07) is 37.6. The van der Waals surface area contributed by atoms with E-state index in [2.05, 4.69) is 23.7 Å². The average Bonchev–Trinajstić information content (AvgIpc) is 3.05. The summed E-state index contributed by atoms with van der Waals surface area (Å²) < 4.78 is 0. The van der Waals surface area contributed by atoms with Gasteiger partial charge in [0, 0.05) is 27.7 Å². The minimum absolute atomic E-state index is 0.0536. The van der Waals surface area contributed by atoms with Crippen molar-refractivity contribution in [2.45, 2.75) is 19.3 Å². The van der Waals surface area contributed by atoms with E-state index in [1.807, 2.05) is 98.8 Å². The Bertz CT molecular complexity index is 2100. The Balaban J connectivity index is 1.57. The van der Waals surface area contributed by atoms with Gasteiger partial charge in [-0.1, -0.05) is 122 Å². The summed E-state index contributed by atoms with van der Waals surface area (Å²) in [5, 5.41) is 24.8. The zero-order valence-electron chi connectivity index (χ0n) is 24.8. The van der Waals surface area contributed by atoms with E-state index in [4.69, 9.17) is 0 Å². The highest BCUT2D eigenvalue weighted by Crippen LogP contribution is 2.40. The van der Waals surface area contributed by atoms with Crippen LogP contribution in [0.3, 0.4) is 0 Å². The number of carbonyl (C=O) groups is 2. The molecule has 0 aliphatic rings. The smallest absolute Gasteiger partial charge is 0.336 e. The van der Waals surface area contributed by atoms with Crippen molar-refractivity contribution in [3.8, 4) is 23.7 Å². The predicted octanol–water partition coefficient (Wildman–Crippen LogP) is 8.51. The highest BCUT2D eigenvalue weighted by molar-refractivity contribution is 5.94. The lowest BCUT2D eigenvalue weighted by Gasteiger charge is -2.31. The van der Waals surface area contributed by atoms with Gasteiger partial charge in [-0.3, -0.25) is 0 Å². The van der Waals surface area contributed by atoms with E-state index in [1.165, 1.54) is 12.1 Å². The molecule has 0 spiro atoms. The molecule has 216 valence electrons. The summed E-state index contributed by atoms with van der Waals surface area (Å²) in [4.78, 5) is 25.3. The van der Waals surface area contributed by atoms with Crippen LogP contribution in [0.1, 0.15) is 67.9 Å². The standard InChI is InChI=1S/C41H28O4/c1-41(2,37-31(17-9-21-35(37)39(42)43)25-23-29-15-7-13-27-11-3-5-19-33(27)29)38-32(18-10-22-36(38)40(44)45)26-24-30-16-8-14-28-12-4-6-20-34(28)30/h3-22H,1-2H3,(H,42,43)(H,44,45). The number of fused-ring (bicyclic) bond motifs is 2. The topological polar surface area (TPSA) is 74.6 Å². The van der Waals surface area contributed by atoms with Crippen molar-refractivity contribution in [3.63, 3.8) is 0 Å². The minimum Gasteiger partial charge on any atom is -0.478 e. The van der Waals surface area contributed by atoms with Gasteiger partial charge in [0.05, 0.1) is 11.1 Å². The molecule has 4 heteroatoms. The Hall–Kier alpha value is -6.10. The summed E-state index contributed by atoms with van der Waals surface area (Å²) in [5.74, 6) is 10.8. The Morgan fingerprint density at radius 2 is 0.800 bits per heavy atom. The molecule has 4 nitrogen and oxygen atoms in total. The number of hydrogen-bond acceptors (Lipinski definition) is 2. The van der Waals surface area contributed by atoms with E-state index < -0.39 is 17.4 Å². The molecule has 0 saturated heterocycles. The first-order valence-electron chi connectivity index (χ1n) is 14.5. The van der Waals surface area contributed by atoms with Gasteiger partial charge in [0.2, 0.25) is 0 Å². The summed E-state index contributed by atoms with van der Waals surface area (Å²) in [6.07, 6.45) is 0. The van der Waals surface area contributed by atoms with Crippen molar-refractivity contribution in [1.82, 2.24) is 0 Å². The van der Waals surface area contributed by atoms with Crippen LogP contribution in [0.2, 0.25) is 0 Å². The number of aromatic carboxylic acids is 2. The number of carboxylic acid groups (broad SMARTS) is 2. The van der Waals surface area contributed by atoms with Crippen LogP contribution < -0.4 is 0 Å². The largest absolute Gasteiger partial charge is 0.478 e. The molecule has 0 atom stereocenters. The first-order chi connectivity index (χ1) is 21.8. The minimum atomic E-state index is -1.12. The lowest BCUT2D eigenvalue weighted by molar-refractivity contribution is 0.0686. The first-order valence-corrected chi connectivity index (χ1v) is 14.5. The Labute approximate surface area is 261 Å². The maximum Gasteiger partial charge on any atom is 0.336 e. The summed E-state index contributed by atoms with van der Waals surface area (Å²) >= 11 is 0. The van der Waals surface area contributed by atoms with Gasteiger partial charge in [0.1, 0.15) is 0 Å². The monoisotopic (exact) mass is 584 g/mol. The van der Waals surface area contributed by atoms with Crippen LogP contribution in [0.5, 0.6) is 0 Å². The Kier molecular flexibility index (Phi) is 7.66. The third kappa shape index (κ3) is 5.54. The highest BCUT2D eigenvalue weighted by atomic mass is 16.4. The van der Waals surface area contributed by atoms with Gasteiger partial charge < -0.3 is 10.2 Å². The van der Waals surface area contributed by atoms with E-state index in [9.17, 15) is 19.8 Å². The maximum absolute atomic E-state index is 12.6. The van der Waals surface area contributed by atoms with Gasteiger partial charge in [-0.15, -0.1) is 0 Å². The summed E-state index contributed by atoms with van der Waals surface area (Å²) in [7, 11) is 0. The van der Waals surface area contributed by atoms with E-state index in [0.717, 1.165) is 32.7 Å². The van der Waals surface area contributed by atoms with E-state index in [1.54, 1.807) is 24.3 Å². The molecule has 0 fully saturated rings. The molecule has 0 saturated carbocycles. The van der Waals surface area contributed by atoms with Crippen LogP contribution in [-0.2, 0) is 5.41 Å². The molecular weight excluding hydrogens is 556 g/mol. The van der Waals surface area contributed by atoms with Crippen molar-refractivity contribution in [2.75, 3.05) is 0 Å². The zero-order chi connectivity index (χ0) is 31.6. The van der Waals surface area contributed by atoms with Gasteiger partial charge in [0.15, 0.2) is 0 Å². The molecule has 0 aliphatic carbocycles. The van der Waals surface area contributed by atoms with Gasteiger partial charge in [0.25, 0.3) is 0 Å². The molecule has 2 N–H and O–H groups in total. The second kappa shape index (κ2) is 11.9. The molecular formula is C41H28O4. The Morgan fingerprint density at radius 3 is 1.22 bits per heavy atom. The van der Waals surface area contributed by atoms with Gasteiger partial charge in [-0.2, -0.15) is 0 Å². The zero-order valence-corrected chi connectivity index (χ0v) is 24.8. The van der Waals surface area contributed by atoms with Crippen molar-refractivity contribution in [3.05, 3.63) is 166 Å². The van der Waals surface area contributed by atoms with Gasteiger partial charge in [-0.25, -0.2) is 9.59 Å². The van der Waals surface area contributed by atoms with E-state index in [0.29, 0.717) is 22.3 Å². The van der Waals surface area contributed by atoms with Crippen LogP contribution in [0.15, 0.2) is 121 Å². The quantitative estimate of drug-likeness (QED) is 0.204. The van der Waals surface area contributed by atoms with Gasteiger partial charge >= 0.3 is 11.9 Å². The fourth-order valence-corrected chi connectivity index (χ4v) is 6.08. The van der Waals surface area contributed by atoms with Crippen LogP contribution >= 0.6 is 0 Å².